The van der Waals surface area contributed by atoms with Crippen LogP contribution < -0.4 is 0 Å². The van der Waals surface area contributed by atoms with Gasteiger partial charge in [0.15, 0.2) is 5.60 Å². The Hall–Kier alpha value is -1.42. The van der Waals surface area contributed by atoms with E-state index in [1.165, 1.54) is 0 Å². The van der Waals surface area contributed by atoms with Crippen molar-refractivity contribution in [3.8, 4) is 0 Å². The normalized spacial score (nSPS) is 25.9. The average molecular weight is 220 g/mol. The number of likely N-dealkylation sites (tertiary alicyclic amines) is 1. The van der Waals surface area contributed by atoms with Crippen LogP contribution in [0.25, 0.3) is 0 Å². The summed E-state index contributed by atoms with van der Waals surface area (Å²) in [5, 5.41) is 0. The van der Waals surface area contributed by atoms with Gasteiger partial charge < -0.3 is 9.64 Å². The number of likely N-dealkylation sites (N-methyl/N-ethyl adjacent to an activating group) is 1. The number of ether oxygens (including phenoxy) is 1. The number of rotatable bonds is 2. The van der Waals surface area contributed by atoms with E-state index in [1.807, 2.05) is 18.2 Å². The summed E-state index contributed by atoms with van der Waals surface area (Å²) in [6.45, 7) is 0.788. The van der Waals surface area contributed by atoms with Gasteiger partial charge in [0.25, 0.3) is 5.91 Å². The number of carbonyl (C=O) groups excluding carboxylic acids is 1. The maximum atomic E-state index is 12.2. The van der Waals surface area contributed by atoms with Crippen LogP contribution in [0.4, 0.5) is 0 Å². The molecule has 1 unspecified atom stereocenters. The summed E-state index contributed by atoms with van der Waals surface area (Å²) in [6, 6.07) is 5.56. The fourth-order valence-corrected chi connectivity index (χ4v) is 2.22. The molecular formula is C12H16N2O2. The molecule has 2 heterocycles. The van der Waals surface area contributed by atoms with Gasteiger partial charge in [0.05, 0.1) is 5.69 Å². The topological polar surface area (TPSA) is 42.4 Å². The smallest absolute Gasteiger partial charge is 0.260 e. The van der Waals surface area contributed by atoms with Crippen molar-refractivity contribution in [2.45, 2.75) is 18.4 Å². The lowest BCUT2D eigenvalue weighted by atomic mass is 9.88. The predicted molar refractivity (Wildman–Crippen MR) is 59.8 cm³/mol. The Morgan fingerprint density at radius 3 is 2.94 bits per heavy atom. The minimum absolute atomic E-state index is 0.0000463. The van der Waals surface area contributed by atoms with Crippen molar-refractivity contribution in [3.05, 3.63) is 30.1 Å². The standard InChI is InChI=1S/C12H16N2O2/c1-14-9-5-7-12(16-2,11(14)15)10-6-3-4-8-13-10/h3-4,6,8H,5,7,9H2,1-2H3. The Labute approximate surface area is 95.2 Å². The Kier molecular flexibility index (Phi) is 2.92. The molecule has 0 N–H and O–H groups in total. The van der Waals surface area contributed by atoms with Crippen molar-refractivity contribution in [2.24, 2.45) is 0 Å². The Morgan fingerprint density at radius 2 is 2.31 bits per heavy atom. The van der Waals surface area contributed by atoms with E-state index in [1.54, 1.807) is 25.3 Å². The summed E-state index contributed by atoms with van der Waals surface area (Å²) in [7, 11) is 3.38. The van der Waals surface area contributed by atoms with E-state index in [2.05, 4.69) is 4.98 Å². The largest absolute Gasteiger partial charge is 0.362 e. The second-order valence-corrected chi connectivity index (χ2v) is 4.08. The first-order valence-corrected chi connectivity index (χ1v) is 5.43. The molecule has 1 saturated heterocycles. The van der Waals surface area contributed by atoms with E-state index < -0.39 is 5.60 Å². The molecule has 1 aliphatic rings. The molecule has 0 spiro atoms. The average Bonchev–Trinajstić information content (AvgIpc) is 2.34. The van der Waals surface area contributed by atoms with Gasteiger partial charge >= 0.3 is 0 Å². The van der Waals surface area contributed by atoms with Crippen LogP contribution in [-0.4, -0.2) is 36.5 Å². The maximum Gasteiger partial charge on any atom is 0.260 e. The van der Waals surface area contributed by atoms with E-state index in [0.29, 0.717) is 12.1 Å². The third-order valence-electron chi connectivity index (χ3n) is 3.14. The van der Waals surface area contributed by atoms with Crippen LogP contribution in [0.2, 0.25) is 0 Å². The van der Waals surface area contributed by atoms with Gasteiger partial charge in [-0.3, -0.25) is 9.78 Å². The molecule has 1 atom stereocenters. The summed E-state index contributed by atoms with van der Waals surface area (Å²) in [6.07, 6.45) is 3.33. The number of hydrogen-bond donors (Lipinski definition) is 0. The fraction of sp³-hybridized carbons (Fsp3) is 0.500. The lowest BCUT2D eigenvalue weighted by Gasteiger charge is -2.38. The highest BCUT2D eigenvalue weighted by molar-refractivity contribution is 5.86. The van der Waals surface area contributed by atoms with Crippen molar-refractivity contribution in [1.29, 1.82) is 0 Å². The number of aromatic nitrogens is 1. The Bertz CT molecular complexity index is 380. The molecule has 0 saturated carbocycles. The first-order valence-electron chi connectivity index (χ1n) is 5.43. The lowest BCUT2D eigenvalue weighted by molar-refractivity contribution is -0.162. The third kappa shape index (κ3) is 1.59. The van der Waals surface area contributed by atoms with E-state index in [9.17, 15) is 4.79 Å². The third-order valence-corrected chi connectivity index (χ3v) is 3.14. The second-order valence-electron chi connectivity index (χ2n) is 4.08. The predicted octanol–water partition coefficient (Wildman–Crippen LogP) is 1.18. The molecule has 1 aliphatic heterocycles. The molecule has 0 radical (unpaired) electrons. The number of pyridine rings is 1. The van der Waals surface area contributed by atoms with E-state index >= 15 is 0 Å². The molecule has 86 valence electrons. The van der Waals surface area contributed by atoms with Crippen LogP contribution in [0.1, 0.15) is 18.5 Å². The molecule has 0 bridgehead atoms. The highest BCUT2D eigenvalue weighted by Gasteiger charge is 2.45. The van der Waals surface area contributed by atoms with E-state index in [-0.39, 0.29) is 5.91 Å². The quantitative estimate of drug-likeness (QED) is 0.751. The zero-order chi connectivity index (χ0) is 11.6. The van der Waals surface area contributed by atoms with Gasteiger partial charge in [0, 0.05) is 26.9 Å². The van der Waals surface area contributed by atoms with Crippen LogP contribution in [-0.2, 0) is 15.1 Å². The zero-order valence-electron chi connectivity index (χ0n) is 9.64. The molecule has 0 aromatic carbocycles. The van der Waals surface area contributed by atoms with Gasteiger partial charge in [0.2, 0.25) is 0 Å². The van der Waals surface area contributed by atoms with E-state index in [4.69, 9.17) is 4.74 Å². The van der Waals surface area contributed by atoms with Crippen LogP contribution in [0, 0.1) is 0 Å². The van der Waals surface area contributed by atoms with Crippen LogP contribution in [0.5, 0.6) is 0 Å². The SMILES string of the molecule is COC1(c2ccccn2)CCCN(C)C1=O. The highest BCUT2D eigenvalue weighted by atomic mass is 16.5. The molecule has 1 fully saturated rings. The van der Waals surface area contributed by atoms with Crippen molar-refractivity contribution < 1.29 is 9.53 Å². The molecule has 4 nitrogen and oxygen atoms in total. The molecule has 16 heavy (non-hydrogen) atoms. The van der Waals surface area contributed by atoms with Crippen LogP contribution in [0.15, 0.2) is 24.4 Å². The van der Waals surface area contributed by atoms with Gasteiger partial charge in [0.1, 0.15) is 0 Å². The van der Waals surface area contributed by atoms with Gasteiger partial charge in [-0.05, 0) is 25.0 Å². The van der Waals surface area contributed by atoms with Gasteiger partial charge in [-0.1, -0.05) is 6.07 Å². The summed E-state index contributed by atoms with van der Waals surface area (Å²) < 4.78 is 5.49. The summed E-state index contributed by atoms with van der Waals surface area (Å²) in [5.74, 6) is -0.0000463. The monoisotopic (exact) mass is 220 g/mol. The number of methoxy groups -OCH3 is 1. The minimum atomic E-state index is -0.881. The van der Waals surface area contributed by atoms with E-state index in [0.717, 1.165) is 13.0 Å². The molecule has 1 amide bonds. The Balaban J connectivity index is 2.42. The molecule has 0 aliphatic carbocycles. The molecule has 2 rings (SSSR count). The molecular weight excluding hydrogens is 204 g/mol. The highest BCUT2D eigenvalue weighted by Crippen LogP contribution is 2.34. The summed E-state index contributed by atoms with van der Waals surface area (Å²) in [5.41, 5.74) is -0.178. The molecule has 4 heteroatoms. The first kappa shape index (κ1) is 11.1. The van der Waals surface area contributed by atoms with Crippen molar-refractivity contribution in [2.75, 3.05) is 20.7 Å². The zero-order valence-corrected chi connectivity index (χ0v) is 9.64. The number of carbonyl (C=O) groups is 1. The van der Waals surface area contributed by atoms with Crippen molar-refractivity contribution in [3.63, 3.8) is 0 Å². The second kappa shape index (κ2) is 4.22. The van der Waals surface area contributed by atoms with Crippen LogP contribution in [0.3, 0.4) is 0 Å². The number of piperidine rings is 1. The van der Waals surface area contributed by atoms with Gasteiger partial charge in [-0.2, -0.15) is 0 Å². The van der Waals surface area contributed by atoms with Gasteiger partial charge in [-0.25, -0.2) is 0 Å². The van der Waals surface area contributed by atoms with Crippen LogP contribution >= 0.6 is 0 Å². The minimum Gasteiger partial charge on any atom is -0.362 e. The summed E-state index contributed by atoms with van der Waals surface area (Å²) in [4.78, 5) is 18.2. The number of amides is 1. The molecule has 1 aromatic heterocycles. The Morgan fingerprint density at radius 1 is 1.50 bits per heavy atom. The number of hydrogen-bond acceptors (Lipinski definition) is 3. The maximum absolute atomic E-state index is 12.2. The fourth-order valence-electron chi connectivity index (χ4n) is 2.22. The van der Waals surface area contributed by atoms with Crippen molar-refractivity contribution >= 4 is 5.91 Å². The summed E-state index contributed by atoms with van der Waals surface area (Å²) >= 11 is 0. The molecule has 1 aromatic rings. The first-order chi connectivity index (χ1) is 7.70. The van der Waals surface area contributed by atoms with Gasteiger partial charge in [-0.15, -0.1) is 0 Å². The van der Waals surface area contributed by atoms with Crippen molar-refractivity contribution in [1.82, 2.24) is 9.88 Å². The number of nitrogens with zero attached hydrogens (tertiary/aromatic N) is 2. The lowest BCUT2D eigenvalue weighted by Crippen LogP contribution is -2.51.